The van der Waals surface area contributed by atoms with E-state index in [1.165, 1.54) is 0 Å². The van der Waals surface area contributed by atoms with Crippen molar-refractivity contribution in [3.05, 3.63) is 182 Å². The van der Waals surface area contributed by atoms with E-state index in [0.717, 1.165) is 15.9 Å². The van der Waals surface area contributed by atoms with Crippen molar-refractivity contribution < 1.29 is 20.6 Å². The van der Waals surface area contributed by atoms with Gasteiger partial charge < -0.3 is 0 Å². The van der Waals surface area contributed by atoms with Gasteiger partial charge in [-0.1, -0.05) is 0 Å². The van der Waals surface area contributed by atoms with Crippen LogP contribution in [0.25, 0.3) is 0 Å². The van der Waals surface area contributed by atoms with Gasteiger partial charge in [-0.3, -0.25) is 0 Å². The SMILES string of the molecule is CCP(OS(=O)S(=O)(=O)OP(CC)(c1ccccc1)(c1ccccc1)c1ccccc1)(c1ccccc1)(c1ccccc1)c1ccccc1. The zero-order valence-electron chi connectivity index (χ0n) is 27.5. The van der Waals surface area contributed by atoms with Crippen molar-refractivity contribution in [2.75, 3.05) is 12.3 Å². The molecule has 0 fully saturated rings. The summed E-state index contributed by atoms with van der Waals surface area (Å²) in [5, 5.41) is 4.40. The van der Waals surface area contributed by atoms with E-state index in [2.05, 4.69) is 0 Å². The van der Waals surface area contributed by atoms with Gasteiger partial charge in [-0.15, -0.1) is 0 Å². The molecule has 0 aromatic heterocycles. The van der Waals surface area contributed by atoms with Gasteiger partial charge in [0.15, 0.2) is 0 Å². The predicted octanol–water partition coefficient (Wildman–Crippen LogP) is 6.86. The summed E-state index contributed by atoms with van der Waals surface area (Å²) < 4.78 is 58.9. The molecule has 0 amide bonds. The molecule has 0 spiro atoms. The van der Waals surface area contributed by atoms with Crippen molar-refractivity contribution in [2.24, 2.45) is 0 Å². The monoisotopic (exact) mass is 726 g/mol. The van der Waals surface area contributed by atoms with Crippen LogP contribution in [0, 0.1) is 0 Å². The first-order valence-corrected chi connectivity index (χ1v) is 23.9. The van der Waals surface area contributed by atoms with Crippen LogP contribution in [0.1, 0.15) is 13.8 Å². The van der Waals surface area contributed by atoms with Crippen LogP contribution in [-0.4, -0.2) is 25.0 Å². The maximum atomic E-state index is 15.1. The summed E-state index contributed by atoms with van der Waals surface area (Å²) in [7, 11) is -7.99. The molecule has 0 bridgehead atoms. The van der Waals surface area contributed by atoms with E-state index in [4.69, 9.17) is 7.94 Å². The van der Waals surface area contributed by atoms with E-state index >= 15 is 12.6 Å². The van der Waals surface area contributed by atoms with Crippen LogP contribution in [0.2, 0.25) is 0 Å². The molecule has 0 saturated heterocycles. The van der Waals surface area contributed by atoms with Gasteiger partial charge in [0.25, 0.3) is 0 Å². The molecule has 6 aromatic rings. The van der Waals surface area contributed by atoms with Crippen LogP contribution in [-0.2, 0) is 27.2 Å². The third-order valence-electron chi connectivity index (χ3n) is 9.67. The summed E-state index contributed by atoms with van der Waals surface area (Å²) in [5.41, 5.74) is 0. The molecule has 0 aliphatic heterocycles. The van der Waals surface area contributed by atoms with Crippen molar-refractivity contribution in [3.8, 4) is 0 Å². The first-order valence-electron chi connectivity index (χ1n) is 16.2. The number of hydrogen-bond donors (Lipinski definition) is 0. The van der Waals surface area contributed by atoms with Crippen molar-refractivity contribution >= 4 is 64.8 Å². The summed E-state index contributed by atoms with van der Waals surface area (Å²) in [5.74, 6) is 0. The summed E-state index contributed by atoms with van der Waals surface area (Å²) in [4.78, 5) is 0. The molecule has 1 atom stereocenters. The molecule has 6 rings (SSSR count). The fourth-order valence-corrected chi connectivity index (χ4v) is 25.6. The van der Waals surface area contributed by atoms with Crippen LogP contribution < -0.4 is 31.8 Å². The molecule has 0 saturated carbocycles. The molecule has 0 aliphatic carbocycles. The standard InChI is InChI=1S/C40H40O5P2S2/c1-3-46(35-23-11-5-12-24-35,36-25-13-6-14-26-36,37-27-15-7-16-28-37)44-48(41)49(42,43)45-47(4-2,38-29-17-8-18-30-38,39-31-19-9-20-32-39)40-33-21-10-22-34-40/h5-34H,3-4H2,1-2H3. The van der Waals surface area contributed by atoms with Crippen LogP contribution in [0.3, 0.4) is 0 Å². The van der Waals surface area contributed by atoms with Crippen molar-refractivity contribution in [3.63, 3.8) is 0 Å². The van der Waals surface area contributed by atoms with E-state index in [0.29, 0.717) is 22.1 Å². The summed E-state index contributed by atoms with van der Waals surface area (Å²) >= 11 is 0. The normalized spacial score (nSPS) is 14.5. The van der Waals surface area contributed by atoms with Gasteiger partial charge >= 0.3 is 293 Å². The number of rotatable bonds is 13. The van der Waals surface area contributed by atoms with Crippen molar-refractivity contribution in [1.29, 1.82) is 0 Å². The Balaban J connectivity index is 1.64. The molecular weight excluding hydrogens is 687 g/mol. The zero-order valence-corrected chi connectivity index (χ0v) is 30.9. The second-order valence-electron chi connectivity index (χ2n) is 11.8. The topological polar surface area (TPSA) is 69.7 Å². The third kappa shape index (κ3) is 5.54. The Bertz CT molecular complexity index is 1940. The molecule has 0 N–H and O–H groups in total. The summed E-state index contributed by atoms with van der Waals surface area (Å²) in [6.07, 6.45) is 0.631. The molecule has 9 heteroatoms. The van der Waals surface area contributed by atoms with Crippen LogP contribution >= 0.6 is 13.7 Å². The average Bonchev–Trinajstić information content (AvgIpc) is 3.18. The Morgan fingerprint density at radius 3 is 0.878 bits per heavy atom. The van der Waals surface area contributed by atoms with Gasteiger partial charge in [0, 0.05) is 0 Å². The molecule has 6 aromatic carbocycles. The van der Waals surface area contributed by atoms with Gasteiger partial charge in [0.1, 0.15) is 0 Å². The van der Waals surface area contributed by atoms with E-state index < -0.39 is 32.9 Å². The second-order valence-corrected chi connectivity index (χ2v) is 25.5. The van der Waals surface area contributed by atoms with Crippen molar-refractivity contribution in [2.45, 2.75) is 13.8 Å². The second kappa shape index (κ2) is 13.8. The molecule has 1 unspecified atom stereocenters. The van der Waals surface area contributed by atoms with Gasteiger partial charge in [-0.2, -0.15) is 0 Å². The Kier molecular flexibility index (Phi) is 9.90. The van der Waals surface area contributed by atoms with Gasteiger partial charge in [-0.25, -0.2) is 0 Å². The fraction of sp³-hybridized carbons (Fsp3) is 0.100. The average molecular weight is 727 g/mol. The Morgan fingerprint density at radius 2 is 0.653 bits per heavy atom. The third-order valence-corrected chi connectivity index (χ3v) is 26.7. The van der Waals surface area contributed by atoms with E-state index in [-0.39, 0.29) is 6.16 Å². The van der Waals surface area contributed by atoms with Crippen LogP contribution in [0.15, 0.2) is 182 Å². The summed E-state index contributed by atoms with van der Waals surface area (Å²) in [6, 6.07) is 57.2. The van der Waals surface area contributed by atoms with Gasteiger partial charge in [0.2, 0.25) is 0 Å². The summed E-state index contributed by atoms with van der Waals surface area (Å²) in [6.45, 7) is -4.71. The molecule has 252 valence electrons. The molecule has 0 heterocycles. The molecule has 0 radical (unpaired) electrons. The van der Waals surface area contributed by atoms with Gasteiger partial charge in [0.05, 0.1) is 0 Å². The quantitative estimate of drug-likeness (QED) is 0.0962. The van der Waals surface area contributed by atoms with Crippen LogP contribution in [0.5, 0.6) is 0 Å². The molecule has 5 nitrogen and oxygen atoms in total. The number of benzene rings is 6. The number of hydrogen-bond acceptors (Lipinski definition) is 5. The first-order chi connectivity index (χ1) is 23.8. The maximum absolute atomic E-state index is 15.1. The molecule has 0 aliphatic rings. The first kappa shape index (κ1) is 35.0. The predicted molar refractivity (Wildman–Crippen MR) is 211 cm³/mol. The van der Waals surface area contributed by atoms with E-state index in [1.54, 1.807) is 0 Å². The van der Waals surface area contributed by atoms with Gasteiger partial charge in [-0.05, 0) is 0 Å². The Morgan fingerprint density at radius 1 is 0.429 bits per heavy atom. The minimum atomic E-state index is -5.00. The molecule has 49 heavy (non-hydrogen) atoms. The van der Waals surface area contributed by atoms with E-state index in [1.807, 2.05) is 196 Å². The minimum absolute atomic E-state index is 0.285. The van der Waals surface area contributed by atoms with Crippen LogP contribution in [0.4, 0.5) is 0 Å². The van der Waals surface area contributed by atoms with Crippen molar-refractivity contribution in [1.82, 2.24) is 0 Å². The molecular formula is C40H40O5P2S2. The Labute approximate surface area is 292 Å². The Hall–Kier alpha value is -3.80. The fourth-order valence-electron chi connectivity index (χ4n) is 7.21. The van der Waals surface area contributed by atoms with E-state index in [9.17, 15) is 0 Å². The zero-order chi connectivity index (χ0) is 34.5.